The molecule has 0 N–H and O–H groups in total. The van der Waals surface area contributed by atoms with Crippen LogP contribution in [0.1, 0.15) is 18.9 Å². The van der Waals surface area contributed by atoms with E-state index in [0.717, 1.165) is 17.8 Å². The van der Waals surface area contributed by atoms with Gasteiger partial charge in [0.1, 0.15) is 0 Å². The number of aryl methyl sites for hydroxylation is 1. The molecule has 1 nitrogen and oxygen atoms in total. The first-order valence-electron chi connectivity index (χ1n) is 5.51. The van der Waals surface area contributed by atoms with E-state index in [1.165, 1.54) is 17.7 Å². The minimum atomic E-state index is 0.733. The van der Waals surface area contributed by atoms with Crippen LogP contribution in [0.15, 0.2) is 24.3 Å². The third kappa shape index (κ3) is 3.86. The van der Waals surface area contributed by atoms with Crippen molar-refractivity contribution < 1.29 is 0 Å². The van der Waals surface area contributed by atoms with Crippen molar-refractivity contribution in [3.8, 4) is 0 Å². The summed E-state index contributed by atoms with van der Waals surface area (Å²) in [5.74, 6) is 0.733. The highest BCUT2D eigenvalue weighted by atomic mass is 79.9. The zero-order chi connectivity index (χ0) is 11.3. The number of alkyl halides is 1. The maximum atomic E-state index is 3.56. The Balaban J connectivity index is 2.60. The summed E-state index contributed by atoms with van der Waals surface area (Å²) < 4.78 is 0. The number of rotatable bonds is 5. The highest BCUT2D eigenvalue weighted by molar-refractivity contribution is 9.09. The van der Waals surface area contributed by atoms with E-state index in [1.54, 1.807) is 0 Å². The molecule has 1 aromatic rings. The summed E-state index contributed by atoms with van der Waals surface area (Å²) in [4.78, 5) is 2.33. The van der Waals surface area contributed by atoms with Crippen LogP contribution in [0.5, 0.6) is 0 Å². The lowest BCUT2D eigenvalue weighted by Gasteiger charge is -2.24. The Morgan fingerprint density at radius 3 is 2.33 bits per heavy atom. The largest absolute Gasteiger partial charge is 0.374 e. The maximum Gasteiger partial charge on any atom is 0.0363 e. The fourth-order valence-electron chi connectivity index (χ4n) is 1.58. The van der Waals surface area contributed by atoms with Gasteiger partial charge in [-0.15, -0.1) is 0 Å². The lowest BCUT2D eigenvalue weighted by Crippen LogP contribution is -2.25. The predicted molar refractivity (Wildman–Crippen MR) is 72.0 cm³/mol. The van der Waals surface area contributed by atoms with Gasteiger partial charge in [-0.3, -0.25) is 0 Å². The van der Waals surface area contributed by atoms with Crippen molar-refractivity contribution in [2.45, 2.75) is 20.3 Å². The van der Waals surface area contributed by atoms with Gasteiger partial charge in [0.15, 0.2) is 0 Å². The summed E-state index contributed by atoms with van der Waals surface area (Å²) >= 11 is 3.56. The smallest absolute Gasteiger partial charge is 0.0363 e. The molecule has 0 aliphatic carbocycles. The van der Waals surface area contributed by atoms with Gasteiger partial charge >= 0.3 is 0 Å². The molecule has 2 heteroatoms. The second-order valence-electron chi connectivity index (χ2n) is 4.14. The summed E-state index contributed by atoms with van der Waals surface area (Å²) in [6, 6.07) is 8.72. The van der Waals surface area contributed by atoms with E-state index >= 15 is 0 Å². The van der Waals surface area contributed by atoms with Gasteiger partial charge in [0.2, 0.25) is 0 Å². The molecule has 1 aromatic carbocycles. The number of anilines is 1. The molecular formula is C13H20BrN. The minimum Gasteiger partial charge on any atom is -0.374 e. The van der Waals surface area contributed by atoms with Crippen LogP contribution >= 0.6 is 15.9 Å². The van der Waals surface area contributed by atoms with E-state index in [4.69, 9.17) is 0 Å². The van der Waals surface area contributed by atoms with Gasteiger partial charge in [0, 0.05) is 24.6 Å². The van der Waals surface area contributed by atoms with Crippen LogP contribution in [0.3, 0.4) is 0 Å². The van der Waals surface area contributed by atoms with Gasteiger partial charge in [-0.2, -0.15) is 0 Å². The summed E-state index contributed by atoms with van der Waals surface area (Å²) in [7, 11) is 2.16. The average Bonchev–Trinajstić information content (AvgIpc) is 2.26. The SMILES string of the molecule is CCC(CBr)CN(C)c1ccc(C)cc1. The topological polar surface area (TPSA) is 3.24 Å². The third-order valence-corrected chi connectivity index (χ3v) is 3.72. The molecule has 0 bridgehead atoms. The standard InChI is InChI=1S/C13H20BrN/c1-4-12(9-14)10-15(3)13-7-5-11(2)6-8-13/h5-8,12H,4,9-10H2,1-3H3. The average molecular weight is 270 g/mol. The van der Waals surface area contributed by atoms with Crippen LogP contribution in [0.2, 0.25) is 0 Å². The van der Waals surface area contributed by atoms with Crippen molar-refractivity contribution in [3.63, 3.8) is 0 Å². The first-order chi connectivity index (χ1) is 7.17. The Labute approximate surface area is 102 Å². The van der Waals surface area contributed by atoms with Crippen molar-refractivity contribution in [1.29, 1.82) is 0 Å². The van der Waals surface area contributed by atoms with Crippen molar-refractivity contribution in [3.05, 3.63) is 29.8 Å². The van der Waals surface area contributed by atoms with Gasteiger partial charge < -0.3 is 4.90 Å². The molecule has 0 aliphatic rings. The highest BCUT2D eigenvalue weighted by Gasteiger charge is 2.08. The Morgan fingerprint density at radius 1 is 1.27 bits per heavy atom. The first kappa shape index (κ1) is 12.6. The molecule has 1 atom stereocenters. The van der Waals surface area contributed by atoms with Crippen molar-refractivity contribution >= 4 is 21.6 Å². The van der Waals surface area contributed by atoms with Crippen molar-refractivity contribution in [2.24, 2.45) is 5.92 Å². The molecule has 0 radical (unpaired) electrons. The molecule has 0 amide bonds. The van der Waals surface area contributed by atoms with E-state index in [-0.39, 0.29) is 0 Å². The van der Waals surface area contributed by atoms with Crippen LogP contribution in [-0.2, 0) is 0 Å². The van der Waals surface area contributed by atoms with Gasteiger partial charge in [-0.25, -0.2) is 0 Å². The zero-order valence-electron chi connectivity index (χ0n) is 9.83. The molecule has 15 heavy (non-hydrogen) atoms. The Hall–Kier alpha value is -0.500. The van der Waals surface area contributed by atoms with Crippen LogP contribution in [-0.4, -0.2) is 18.9 Å². The quantitative estimate of drug-likeness (QED) is 0.734. The molecule has 0 heterocycles. The molecule has 84 valence electrons. The molecular weight excluding hydrogens is 250 g/mol. The van der Waals surface area contributed by atoms with E-state index in [2.05, 4.69) is 66.0 Å². The monoisotopic (exact) mass is 269 g/mol. The van der Waals surface area contributed by atoms with E-state index in [1.807, 2.05) is 0 Å². The molecule has 0 fully saturated rings. The summed E-state index contributed by atoms with van der Waals surface area (Å²) in [6.07, 6.45) is 1.22. The lowest BCUT2D eigenvalue weighted by atomic mass is 10.1. The number of hydrogen-bond donors (Lipinski definition) is 0. The Bertz CT molecular complexity index is 277. The van der Waals surface area contributed by atoms with Crippen LogP contribution < -0.4 is 4.90 Å². The zero-order valence-corrected chi connectivity index (χ0v) is 11.4. The summed E-state index contributed by atoms with van der Waals surface area (Å²) in [6.45, 7) is 5.48. The Morgan fingerprint density at radius 2 is 1.87 bits per heavy atom. The normalized spacial score (nSPS) is 12.5. The fraction of sp³-hybridized carbons (Fsp3) is 0.538. The summed E-state index contributed by atoms with van der Waals surface area (Å²) in [5.41, 5.74) is 2.62. The molecule has 0 aromatic heterocycles. The van der Waals surface area contributed by atoms with Gasteiger partial charge in [-0.05, 0) is 25.0 Å². The second kappa shape index (κ2) is 6.16. The Kier molecular flexibility index (Phi) is 5.16. The molecule has 0 aliphatic heterocycles. The predicted octanol–water partition coefficient (Wildman–Crippen LogP) is 3.85. The summed E-state index contributed by atoms with van der Waals surface area (Å²) in [5, 5.41) is 1.08. The van der Waals surface area contributed by atoms with Crippen LogP contribution in [0.25, 0.3) is 0 Å². The molecule has 0 saturated carbocycles. The maximum absolute atomic E-state index is 3.56. The van der Waals surface area contributed by atoms with Crippen molar-refractivity contribution in [2.75, 3.05) is 23.8 Å². The van der Waals surface area contributed by atoms with Crippen LogP contribution in [0.4, 0.5) is 5.69 Å². The van der Waals surface area contributed by atoms with Gasteiger partial charge in [-0.1, -0.05) is 47.0 Å². The lowest BCUT2D eigenvalue weighted by molar-refractivity contribution is 0.572. The number of benzene rings is 1. The molecule has 0 spiro atoms. The van der Waals surface area contributed by atoms with Gasteiger partial charge in [0.05, 0.1) is 0 Å². The van der Waals surface area contributed by atoms with E-state index < -0.39 is 0 Å². The first-order valence-corrected chi connectivity index (χ1v) is 6.63. The number of halogens is 1. The highest BCUT2D eigenvalue weighted by Crippen LogP contribution is 2.16. The van der Waals surface area contributed by atoms with E-state index in [0.29, 0.717) is 0 Å². The second-order valence-corrected chi connectivity index (χ2v) is 4.79. The van der Waals surface area contributed by atoms with E-state index in [9.17, 15) is 0 Å². The third-order valence-electron chi connectivity index (χ3n) is 2.80. The minimum absolute atomic E-state index is 0.733. The van der Waals surface area contributed by atoms with Crippen LogP contribution in [0, 0.1) is 12.8 Å². The molecule has 1 rings (SSSR count). The molecule has 0 saturated heterocycles. The van der Waals surface area contributed by atoms with Crippen molar-refractivity contribution in [1.82, 2.24) is 0 Å². The van der Waals surface area contributed by atoms with Gasteiger partial charge in [0.25, 0.3) is 0 Å². The fourth-order valence-corrected chi connectivity index (χ4v) is 2.24. The number of nitrogens with zero attached hydrogens (tertiary/aromatic N) is 1. The number of hydrogen-bond acceptors (Lipinski definition) is 1. The molecule has 1 unspecified atom stereocenters.